The van der Waals surface area contributed by atoms with Gasteiger partial charge >= 0.3 is 11.9 Å². The van der Waals surface area contributed by atoms with E-state index >= 15 is 0 Å². The van der Waals surface area contributed by atoms with Gasteiger partial charge in [-0.2, -0.15) is 0 Å². The highest BCUT2D eigenvalue weighted by molar-refractivity contribution is 5.77. The van der Waals surface area contributed by atoms with Gasteiger partial charge < -0.3 is 96.2 Å². The molecule has 10 aromatic carbocycles. The van der Waals surface area contributed by atoms with Crippen LogP contribution in [-0.4, -0.2) is 155 Å². The van der Waals surface area contributed by atoms with E-state index in [0.717, 1.165) is 115 Å². The molecule has 672 valence electrons. The summed E-state index contributed by atoms with van der Waals surface area (Å²) in [6, 6.07) is 43.3. The quantitative estimate of drug-likeness (QED) is 0.0126. The normalized spacial score (nSPS) is 10.5. The van der Waals surface area contributed by atoms with Crippen LogP contribution in [0.3, 0.4) is 0 Å². The molecule has 0 aliphatic carbocycles. The van der Waals surface area contributed by atoms with Gasteiger partial charge in [0.05, 0.1) is 144 Å². The van der Waals surface area contributed by atoms with E-state index in [2.05, 4.69) is 47.6 Å². The maximum absolute atomic E-state index is 11.8. The number of aromatic hydroxyl groups is 2. The van der Waals surface area contributed by atoms with Crippen molar-refractivity contribution in [2.45, 2.75) is 81.4 Å². The minimum atomic E-state index is -0.528. The summed E-state index contributed by atoms with van der Waals surface area (Å²) in [5, 5.41) is 57.2. The molecule has 28 heteroatoms. The minimum absolute atomic E-state index is 0.0139. The molecule has 0 atom stereocenters. The number of ether oxygens (including phenoxy) is 16. The first kappa shape index (κ1) is 102. The van der Waals surface area contributed by atoms with Crippen LogP contribution in [0.1, 0.15) is 113 Å². The number of carbonyl (C=O) groups is 2. The van der Waals surface area contributed by atoms with Crippen molar-refractivity contribution < 1.29 is 116 Å². The highest BCUT2D eigenvalue weighted by Crippen LogP contribution is 2.41. The standard InChI is InChI=1S/2C30H33NO9.2C18H20O3.2CH4O/c2*1-19-13-22(15-26(36-4)20(19)2)8-7-21-9-10-25(35-3)28(14-21)40-18-23-16-27(37-5)29(17-24(23)31(33)34)39-12-11-30(32)38-6;2*1-12-9-15(11-18(21-4)13(12)2)6-5-14-7-8-17(20-3)16(19)10-14;2*1-2/h2*7-10,13-17H,11-12,18H2,1-6H3;2*5-11,19H,1-4H3;2*2H,1H3/b8-7+;8-7-;6-5+;6-5-;;. The van der Waals surface area contributed by atoms with Gasteiger partial charge in [-0.05, 0) is 229 Å². The van der Waals surface area contributed by atoms with Gasteiger partial charge in [-0.15, -0.1) is 0 Å². The van der Waals surface area contributed by atoms with E-state index in [-0.39, 0.29) is 96.3 Å². The Hall–Kier alpha value is -14.4. The fourth-order valence-electron chi connectivity index (χ4n) is 12.2. The number of nitrogens with zero attached hydrogens (tertiary/aromatic N) is 2. The summed E-state index contributed by atoms with van der Waals surface area (Å²) < 4.78 is 85.6. The van der Waals surface area contributed by atoms with Crippen LogP contribution in [0.15, 0.2) is 146 Å². The lowest BCUT2D eigenvalue weighted by molar-refractivity contribution is -0.386. The Labute approximate surface area is 736 Å². The van der Waals surface area contributed by atoms with Crippen molar-refractivity contribution in [3.63, 3.8) is 0 Å². The molecular formula is C98H114N2O26. The molecular weight excluding hydrogens is 1620 g/mol. The van der Waals surface area contributed by atoms with Gasteiger partial charge in [0.2, 0.25) is 0 Å². The van der Waals surface area contributed by atoms with E-state index in [9.17, 15) is 40.0 Å². The predicted octanol–water partition coefficient (Wildman–Crippen LogP) is 19.5. The third kappa shape index (κ3) is 30.0. The van der Waals surface area contributed by atoms with Crippen molar-refractivity contribution >= 4 is 71.9 Å². The molecule has 0 aromatic heterocycles. The number of rotatable bonds is 34. The van der Waals surface area contributed by atoms with Crippen LogP contribution < -0.4 is 66.3 Å². The Balaban J connectivity index is 0.000000306. The third-order valence-corrected chi connectivity index (χ3v) is 19.6. The smallest absolute Gasteiger partial charge is 0.308 e. The van der Waals surface area contributed by atoms with Crippen LogP contribution >= 0.6 is 0 Å². The molecule has 10 rings (SSSR count). The maximum Gasteiger partial charge on any atom is 0.308 e. The van der Waals surface area contributed by atoms with Crippen molar-refractivity contribution in [1.82, 2.24) is 0 Å². The number of nitro groups is 2. The lowest BCUT2D eigenvalue weighted by atomic mass is 10.0. The Kier molecular flexibility index (Phi) is 42.3. The Morgan fingerprint density at radius 1 is 0.286 bits per heavy atom. The van der Waals surface area contributed by atoms with Crippen LogP contribution in [0, 0.1) is 75.6 Å². The first-order valence-corrected chi connectivity index (χ1v) is 39.2. The Morgan fingerprint density at radius 3 is 0.754 bits per heavy atom. The zero-order valence-corrected chi connectivity index (χ0v) is 75.4. The topological polar surface area (TPSA) is 349 Å². The summed E-state index contributed by atoms with van der Waals surface area (Å²) in [6.07, 6.45) is 15.7. The summed E-state index contributed by atoms with van der Waals surface area (Å²) in [5.41, 5.74) is 16.8. The number of nitro benzene ring substituents is 2. The Morgan fingerprint density at radius 2 is 0.516 bits per heavy atom. The predicted molar refractivity (Wildman–Crippen MR) is 489 cm³/mol. The van der Waals surface area contributed by atoms with E-state index in [4.69, 9.17) is 76.5 Å². The molecule has 10 aromatic rings. The number of benzene rings is 10. The molecule has 0 radical (unpaired) electrons. The van der Waals surface area contributed by atoms with E-state index < -0.39 is 21.8 Å². The summed E-state index contributed by atoms with van der Waals surface area (Å²) in [6.45, 7) is 16.0. The molecule has 0 saturated carbocycles. The summed E-state index contributed by atoms with van der Waals surface area (Å²) in [5.74, 6) is 6.26. The van der Waals surface area contributed by atoms with Crippen LogP contribution in [0.25, 0.3) is 48.6 Å². The lowest BCUT2D eigenvalue weighted by Gasteiger charge is -2.14. The molecule has 0 aliphatic heterocycles. The molecule has 4 N–H and O–H groups in total. The van der Waals surface area contributed by atoms with Gasteiger partial charge in [-0.3, -0.25) is 29.8 Å². The number of aliphatic hydroxyl groups excluding tert-OH is 2. The second kappa shape index (κ2) is 52.2. The van der Waals surface area contributed by atoms with Crippen molar-refractivity contribution in [2.24, 2.45) is 0 Å². The second-order valence-corrected chi connectivity index (χ2v) is 27.4. The van der Waals surface area contributed by atoms with Gasteiger partial charge in [-0.25, -0.2) is 0 Å². The zero-order valence-electron chi connectivity index (χ0n) is 75.4. The monoisotopic (exact) mass is 1730 g/mol. The molecule has 0 saturated heterocycles. The van der Waals surface area contributed by atoms with Crippen LogP contribution in [0.2, 0.25) is 0 Å². The van der Waals surface area contributed by atoms with E-state index in [1.165, 1.54) is 92.3 Å². The summed E-state index contributed by atoms with van der Waals surface area (Å²) in [4.78, 5) is 45.4. The highest BCUT2D eigenvalue weighted by Gasteiger charge is 2.24. The fourth-order valence-corrected chi connectivity index (χ4v) is 12.2. The fraction of sp³-hybridized carbons (Fsp3) is 0.286. The molecule has 126 heavy (non-hydrogen) atoms. The first-order chi connectivity index (χ1) is 60.5. The van der Waals surface area contributed by atoms with E-state index in [1.807, 2.05) is 139 Å². The Bertz CT molecular complexity index is 5110. The molecule has 28 nitrogen and oxygen atoms in total. The van der Waals surface area contributed by atoms with E-state index in [0.29, 0.717) is 34.5 Å². The summed E-state index contributed by atoms with van der Waals surface area (Å²) >= 11 is 0. The number of methoxy groups -OCH3 is 12. The second-order valence-electron chi connectivity index (χ2n) is 27.4. The van der Waals surface area contributed by atoms with Gasteiger partial charge in [-0.1, -0.05) is 97.1 Å². The van der Waals surface area contributed by atoms with Gasteiger partial charge in [0.15, 0.2) is 69.0 Å². The molecule has 0 heterocycles. The number of carbonyl (C=O) groups excluding carboxylic acids is 2. The number of aliphatic hydroxyl groups is 2. The SMILES string of the molecule is CO.CO.COC(=O)CCOc1cc([N+](=O)[O-])c(COc2cc(/C=C/c3cc(C)c(C)c(OC)c3)ccc2OC)cc1OC.COC(=O)CCOc1cc([N+](=O)[O-])c(COc2cc(/C=C\c3cc(C)c(C)c(OC)c3)ccc2OC)cc1OC.COc1ccc(/C=C/c2cc(C)c(C)c(OC)c2)cc1O.COc1ccc(/C=C\c2cc(C)c(C)c(OC)c2)cc1O. The largest absolute Gasteiger partial charge is 0.504 e. The molecule has 0 unspecified atom stereocenters. The average molecular weight is 1740 g/mol. The highest BCUT2D eigenvalue weighted by atomic mass is 16.6. The van der Waals surface area contributed by atoms with Gasteiger partial charge in [0.1, 0.15) is 36.2 Å². The van der Waals surface area contributed by atoms with Crippen LogP contribution in [0.4, 0.5) is 11.4 Å². The van der Waals surface area contributed by atoms with Crippen molar-refractivity contribution in [3.8, 4) is 92.0 Å². The van der Waals surface area contributed by atoms with Crippen molar-refractivity contribution in [2.75, 3.05) is 113 Å². The zero-order chi connectivity index (χ0) is 93.3. The maximum atomic E-state index is 11.8. The van der Waals surface area contributed by atoms with Crippen LogP contribution in [0.5, 0.6) is 92.0 Å². The average Bonchev–Trinajstić information content (AvgIpc) is 0.812. The van der Waals surface area contributed by atoms with E-state index in [1.54, 1.807) is 77.0 Å². The van der Waals surface area contributed by atoms with Gasteiger partial charge in [0.25, 0.3) is 11.4 Å². The number of phenols is 2. The molecule has 0 amide bonds. The molecule has 0 fully saturated rings. The number of hydrogen-bond donors (Lipinski definition) is 4. The molecule has 0 spiro atoms. The minimum Gasteiger partial charge on any atom is -0.504 e. The van der Waals surface area contributed by atoms with Crippen molar-refractivity contribution in [1.29, 1.82) is 0 Å². The van der Waals surface area contributed by atoms with Crippen molar-refractivity contribution in [3.05, 3.63) is 266 Å². The molecule has 0 aliphatic rings. The number of esters is 2. The lowest BCUT2D eigenvalue weighted by Crippen LogP contribution is -2.09. The summed E-state index contributed by atoms with van der Waals surface area (Å²) in [7, 11) is 20.1. The molecule has 0 bridgehead atoms. The number of aryl methyl sites for hydroxylation is 4. The first-order valence-electron chi connectivity index (χ1n) is 39.2. The number of hydrogen-bond acceptors (Lipinski definition) is 26. The third-order valence-electron chi connectivity index (χ3n) is 19.6. The number of phenolic OH excluding ortho intramolecular Hbond substituents is 2. The van der Waals surface area contributed by atoms with Gasteiger partial charge in [0, 0.05) is 14.2 Å². The van der Waals surface area contributed by atoms with Crippen LogP contribution in [-0.2, 0) is 32.3 Å².